The van der Waals surface area contributed by atoms with Gasteiger partial charge in [-0.1, -0.05) is 18.2 Å². The van der Waals surface area contributed by atoms with Gasteiger partial charge in [0.25, 0.3) is 5.91 Å². The van der Waals surface area contributed by atoms with Crippen LogP contribution in [0, 0.1) is 13.8 Å². The Morgan fingerprint density at radius 2 is 2.00 bits per heavy atom. The molecule has 0 spiro atoms. The highest BCUT2D eigenvalue weighted by molar-refractivity contribution is 5.95. The number of ether oxygens (including phenoxy) is 1. The Morgan fingerprint density at radius 3 is 2.73 bits per heavy atom. The van der Waals surface area contributed by atoms with Crippen molar-refractivity contribution in [2.24, 2.45) is 0 Å². The number of nitrogens with one attached hydrogen (secondary N) is 1. The number of anilines is 1. The molecular formula is C20H20N4O2. The summed E-state index contributed by atoms with van der Waals surface area (Å²) in [6, 6.07) is 11.8. The standard InChI is InChI=1S/C20H20N4O2/c1-13-7-16-9-19(26-18(16)8-14(13)2)20(25)23-17-5-3-15(4-6-17)10-24-12-21-11-22-24/h3-8,11-12,19H,9-10H2,1-2H3,(H,23,25)/t19-/m1/s1. The summed E-state index contributed by atoms with van der Waals surface area (Å²) in [7, 11) is 0. The van der Waals surface area contributed by atoms with Crippen LogP contribution >= 0.6 is 0 Å². The van der Waals surface area contributed by atoms with Gasteiger partial charge in [-0.2, -0.15) is 5.10 Å². The lowest BCUT2D eigenvalue weighted by atomic mass is 10.0. The van der Waals surface area contributed by atoms with Gasteiger partial charge in [-0.15, -0.1) is 0 Å². The molecule has 1 aromatic heterocycles. The van der Waals surface area contributed by atoms with Crippen LogP contribution in [0.4, 0.5) is 5.69 Å². The summed E-state index contributed by atoms with van der Waals surface area (Å²) in [5, 5.41) is 7.02. The van der Waals surface area contributed by atoms with Gasteiger partial charge in [0.1, 0.15) is 18.4 Å². The first-order valence-electron chi connectivity index (χ1n) is 8.57. The normalized spacial score (nSPS) is 15.4. The molecule has 2 aromatic carbocycles. The van der Waals surface area contributed by atoms with Crippen molar-refractivity contribution < 1.29 is 9.53 Å². The number of nitrogens with zero attached hydrogens (tertiary/aromatic N) is 3. The fourth-order valence-corrected chi connectivity index (χ4v) is 3.08. The summed E-state index contributed by atoms with van der Waals surface area (Å²) >= 11 is 0. The van der Waals surface area contributed by atoms with Gasteiger partial charge < -0.3 is 10.1 Å². The van der Waals surface area contributed by atoms with Crippen molar-refractivity contribution in [3.05, 3.63) is 71.3 Å². The quantitative estimate of drug-likeness (QED) is 0.787. The summed E-state index contributed by atoms with van der Waals surface area (Å²) in [6.45, 7) is 4.77. The summed E-state index contributed by atoms with van der Waals surface area (Å²) in [6.07, 6.45) is 3.30. The summed E-state index contributed by atoms with van der Waals surface area (Å²) in [4.78, 5) is 16.5. The fourth-order valence-electron chi connectivity index (χ4n) is 3.08. The van der Waals surface area contributed by atoms with Crippen LogP contribution in [0.1, 0.15) is 22.3 Å². The maximum absolute atomic E-state index is 12.5. The molecule has 1 atom stereocenters. The Bertz CT molecular complexity index is 902. The molecule has 6 nitrogen and oxygen atoms in total. The van der Waals surface area contributed by atoms with E-state index in [1.165, 1.54) is 17.5 Å². The van der Waals surface area contributed by atoms with Crippen LogP contribution in [-0.4, -0.2) is 26.8 Å². The topological polar surface area (TPSA) is 69.0 Å². The summed E-state index contributed by atoms with van der Waals surface area (Å²) in [5.41, 5.74) is 5.33. The van der Waals surface area contributed by atoms with Crippen LogP contribution in [0.2, 0.25) is 0 Å². The first kappa shape index (κ1) is 16.3. The van der Waals surface area contributed by atoms with Gasteiger partial charge in [0.2, 0.25) is 0 Å². The Labute approximate surface area is 151 Å². The molecule has 132 valence electrons. The highest BCUT2D eigenvalue weighted by Crippen LogP contribution is 2.31. The number of benzene rings is 2. The number of carbonyl (C=O) groups excluding carboxylic acids is 1. The molecular weight excluding hydrogens is 328 g/mol. The first-order chi connectivity index (χ1) is 12.6. The van der Waals surface area contributed by atoms with Gasteiger partial charge >= 0.3 is 0 Å². The average Bonchev–Trinajstić information content (AvgIpc) is 3.27. The van der Waals surface area contributed by atoms with Crippen LogP contribution in [0.25, 0.3) is 0 Å². The number of rotatable bonds is 4. The number of carbonyl (C=O) groups is 1. The lowest BCUT2D eigenvalue weighted by Gasteiger charge is -2.12. The van der Waals surface area contributed by atoms with E-state index in [1.807, 2.05) is 37.3 Å². The number of aryl methyl sites for hydroxylation is 2. The van der Waals surface area contributed by atoms with E-state index >= 15 is 0 Å². The molecule has 1 amide bonds. The molecule has 0 saturated carbocycles. The third-order valence-corrected chi connectivity index (χ3v) is 4.68. The van der Waals surface area contributed by atoms with Gasteiger partial charge in [0.05, 0.1) is 6.54 Å². The minimum atomic E-state index is -0.485. The van der Waals surface area contributed by atoms with Crippen LogP contribution in [0.3, 0.4) is 0 Å². The zero-order chi connectivity index (χ0) is 18.1. The number of aromatic nitrogens is 3. The predicted octanol–water partition coefficient (Wildman–Crippen LogP) is 2.89. The van der Waals surface area contributed by atoms with Crippen molar-refractivity contribution in [3.8, 4) is 5.75 Å². The van der Waals surface area contributed by atoms with Crippen LogP contribution < -0.4 is 10.1 Å². The Kier molecular flexibility index (Phi) is 4.16. The molecule has 0 aliphatic carbocycles. The van der Waals surface area contributed by atoms with E-state index in [9.17, 15) is 4.79 Å². The number of fused-ring (bicyclic) bond motifs is 1. The second-order valence-electron chi connectivity index (χ2n) is 6.63. The summed E-state index contributed by atoms with van der Waals surface area (Å²) < 4.78 is 7.59. The molecule has 2 heterocycles. The highest BCUT2D eigenvalue weighted by atomic mass is 16.5. The zero-order valence-electron chi connectivity index (χ0n) is 14.8. The predicted molar refractivity (Wildman–Crippen MR) is 98.2 cm³/mol. The van der Waals surface area contributed by atoms with Crippen LogP contribution in [0.15, 0.2) is 49.1 Å². The van der Waals surface area contributed by atoms with Crippen molar-refractivity contribution in [1.29, 1.82) is 0 Å². The Hall–Kier alpha value is -3.15. The van der Waals surface area contributed by atoms with Crippen molar-refractivity contribution in [3.63, 3.8) is 0 Å². The van der Waals surface area contributed by atoms with Gasteiger partial charge in [0.15, 0.2) is 6.10 Å². The summed E-state index contributed by atoms with van der Waals surface area (Å²) in [5.74, 6) is 0.692. The molecule has 6 heteroatoms. The zero-order valence-corrected chi connectivity index (χ0v) is 14.8. The lowest BCUT2D eigenvalue weighted by Crippen LogP contribution is -2.31. The van der Waals surface area contributed by atoms with Crippen LogP contribution in [0.5, 0.6) is 5.75 Å². The average molecular weight is 348 g/mol. The molecule has 1 N–H and O–H groups in total. The van der Waals surface area contributed by atoms with E-state index in [4.69, 9.17) is 4.74 Å². The lowest BCUT2D eigenvalue weighted by molar-refractivity contribution is -0.122. The van der Waals surface area contributed by atoms with Crippen molar-refractivity contribution >= 4 is 11.6 Å². The Balaban J connectivity index is 1.39. The molecule has 0 bridgehead atoms. The van der Waals surface area contributed by atoms with Gasteiger partial charge in [-0.25, -0.2) is 9.67 Å². The maximum Gasteiger partial charge on any atom is 0.265 e. The maximum atomic E-state index is 12.5. The molecule has 3 aromatic rings. The van der Waals surface area contributed by atoms with Gasteiger partial charge in [0, 0.05) is 12.1 Å². The SMILES string of the molecule is Cc1cc2c(cc1C)O[C@@H](C(=O)Nc1ccc(Cn3cncn3)cc1)C2. The minimum absolute atomic E-state index is 0.125. The van der Waals surface area contributed by atoms with Crippen molar-refractivity contribution in [2.75, 3.05) is 5.32 Å². The number of hydrogen-bond donors (Lipinski definition) is 1. The second-order valence-corrected chi connectivity index (χ2v) is 6.63. The minimum Gasteiger partial charge on any atom is -0.480 e. The van der Waals surface area contributed by atoms with Crippen LogP contribution in [-0.2, 0) is 17.8 Å². The number of amides is 1. The molecule has 1 aliphatic rings. The smallest absolute Gasteiger partial charge is 0.265 e. The van der Waals surface area contributed by atoms with E-state index in [0.29, 0.717) is 13.0 Å². The fraction of sp³-hybridized carbons (Fsp3) is 0.250. The molecule has 0 unspecified atom stereocenters. The van der Waals surface area contributed by atoms with Crippen molar-refractivity contribution in [2.45, 2.75) is 32.9 Å². The molecule has 0 saturated heterocycles. The van der Waals surface area contributed by atoms with E-state index in [2.05, 4.69) is 28.4 Å². The van der Waals surface area contributed by atoms with Gasteiger partial charge in [-0.3, -0.25) is 4.79 Å². The van der Waals surface area contributed by atoms with E-state index in [1.54, 1.807) is 11.0 Å². The molecule has 26 heavy (non-hydrogen) atoms. The molecule has 4 rings (SSSR count). The van der Waals surface area contributed by atoms with Crippen molar-refractivity contribution in [1.82, 2.24) is 14.8 Å². The van der Waals surface area contributed by atoms with Gasteiger partial charge in [-0.05, 0) is 54.3 Å². The molecule has 0 fully saturated rings. The third kappa shape index (κ3) is 3.31. The largest absolute Gasteiger partial charge is 0.480 e. The monoisotopic (exact) mass is 348 g/mol. The van der Waals surface area contributed by atoms with E-state index in [-0.39, 0.29) is 5.91 Å². The third-order valence-electron chi connectivity index (χ3n) is 4.68. The van der Waals surface area contributed by atoms with E-state index in [0.717, 1.165) is 22.6 Å². The molecule has 1 aliphatic heterocycles. The Morgan fingerprint density at radius 1 is 1.23 bits per heavy atom. The first-order valence-corrected chi connectivity index (χ1v) is 8.57. The molecule has 0 radical (unpaired) electrons. The highest BCUT2D eigenvalue weighted by Gasteiger charge is 2.29. The second kappa shape index (κ2) is 6.63. The van der Waals surface area contributed by atoms with E-state index < -0.39 is 6.10 Å². The number of hydrogen-bond acceptors (Lipinski definition) is 4.